The normalized spacial score (nSPS) is 11.2. The molecule has 3 heterocycles. The van der Waals surface area contributed by atoms with Crippen molar-refractivity contribution < 1.29 is 0 Å². The van der Waals surface area contributed by atoms with Crippen molar-refractivity contribution in [2.75, 3.05) is 5.32 Å². The Morgan fingerprint density at radius 3 is 2.54 bits per heavy atom. The minimum absolute atomic E-state index is 0.0465. The summed E-state index contributed by atoms with van der Waals surface area (Å²) in [6, 6.07) is 9.57. The topological polar surface area (TPSA) is 90.5 Å². The van der Waals surface area contributed by atoms with Crippen LogP contribution < -0.4 is 11.0 Å². The second kappa shape index (κ2) is 6.40. The zero-order chi connectivity index (χ0) is 18.1. The highest BCUT2D eigenvalue weighted by Crippen LogP contribution is 2.18. The van der Waals surface area contributed by atoms with Crippen molar-refractivity contribution in [3.05, 3.63) is 65.6 Å². The molecule has 0 aliphatic heterocycles. The molecule has 0 atom stereocenters. The zero-order valence-corrected chi connectivity index (χ0v) is 14.4. The van der Waals surface area contributed by atoms with E-state index in [1.165, 1.54) is 6.20 Å². The maximum absolute atomic E-state index is 12.1. The molecule has 3 aromatic heterocycles. The van der Waals surface area contributed by atoms with Crippen LogP contribution in [0.1, 0.15) is 19.9 Å². The van der Waals surface area contributed by atoms with Crippen molar-refractivity contribution in [3.63, 3.8) is 0 Å². The second-order valence-electron chi connectivity index (χ2n) is 6.10. The van der Waals surface area contributed by atoms with Gasteiger partial charge in [-0.25, -0.2) is 19.4 Å². The highest BCUT2D eigenvalue weighted by atomic mass is 16.1. The molecular weight excluding hydrogens is 330 g/mol. The maximum Gasteiger partial charge on any atom is 0.349 e. The summed E-state index contributed by atoms with van der Waals surface area (Å²) in [6.07, 6.45) is 6.78. The third kappa shape index (κ3) is 2.92. The van der Waals surface area contributed by atoms with Gasteiger partial charge in [-0.2, -0.15) is 10.1 Å². The Kier molecular flexibility index (Phi) is 3.92. The molecule has 4 rings (SSSR count). The summed E-state index contributed by atoms with van der Waals surface area (Å²) in [5, 5.41) is 8.09. The summed E-state index contributed by atoms with van der Waals surface area (Å²) in [6.45, 7) is 3.84. The van der Waals surface area contributed by atoms with Crippen molar-refractivity contribution in [3.8, 4) is 5.69 Å². The predicted molar refractivity (Wildman–Crippen MR) is 98.8 cm³/mol. The van der Waals surface area contributed by atoms with Crippen molar-refractivity contribution >= 4 is 22.7 Å². The van der Waals surface area contributed by atoms with Crippen LogP contribution in [0.2, 0.25) is 0 Å². The molecule has 0 radical (unpaired) electrons. The third-order valence-corrected chi connectivity index (χ3v) is 3.95. The van der Waals surface area contributed by atoms with Crippen molar-refractivity contribution in [1.82, 2.24) is 29.3 Å². The van der Waals surface area contributed by atoms with Gasteiger partial charge in [0.2, 0.25) is 5.95 Å². The van der Waals surface area contributed by atoms with Crippen LogP contribution in [0.15, 0.2) is 59.9 Å². The van der Waals surface area contributed by atoms with Crippen LogP contribution in [0.25, 0.3) is 16.7 Å². The Morgan fingerprint density at radius 2 is 1.85 bits per heavy atom. The first-order chi connectivity index (χ1) is 12.6. The number of benzene rings is 1. The molecule has 0 spiro atoms. The van der Waals surface area contributed by atoms with Crippen LogP contribution in [0.3, 0.4) is 0 Å². The third-order valence-electron chi connectivity index (χ3n) is 3.95. The van der Waals surface area contributed by atoms with Gasteiger partial charge in [0.05, 0.1) is 11.1 Å². The molecule has 0 aliphatic carbocycles. The van der Waals surface area contributed by atoms with Gasteiger partial charge < -0.3 is 5.32 Å². The van der Waals surface area contributed by atoms with Crippen LogP contribution in [0.5, 0.6) is 0 Å². The lowest BCUT2D eigenvalue weighted by molar-refractivity contribution is 0.581. The Labute approximate surface area is 149 Å². The number of anilines is 2. The summed E-state index contributed by atoms with van der Waals surface area (Å²) in [4.78, 5) is 24.7. The Hall–Kier alpha value is -3.55. The molecule has 0 amide bonds. The van der Waals surface area contributed by atoms with Gasteiger partial charge in [0, 0.05) is 36.5 Å². The molecule has 0 saturated heterocycles. The van der Waals surface area contributed by atoms with Crippen LogP contribution in [-0.4, -0.2) is 29.3 Å². The number of aromatic nitrogens is 6. The van der Waals surface area contributed by atoms with E-state index in [2.05, 4.69) is 25.4 Å². The molecule has 0 aliphatic rings. The minimum Gasteiger partial charge on any atom is -0.324 e. The summed E-state index contributed by atoms with van der Waals surface area (Å²) in [7, 11) is 0. The summed E-state index contributed by atoms with van der Waals surface area (Å²) < 4.78 is 3.34. The molecule has 0 unspecified atom stereocenters. The Morgan fingerprint density at radius 1 is 1.08 bits per heavy atom. The van der Waals surface area contributed by atoms with E-state index in [1.807, 2.05) is 50.4 Å². The smallest absolute Gasteiger partial charge is 0.324 e. The van der Waals surface area contributed by atoms with E-state index in [-0.39, 0.29) is 11.7 Å². The van der Waals surface area contributed by atoms with Crippen molar-refractivity contribution in [2.45, 2.75) is 19.9 Å². The molecule has 1 aromatic carbocycles. The monoisotopic (exact) mass is 347 g/mol. The Balaban J connectivity index is 1.67. The highest BCUT2D eigenvalue weighted by molar-refractivity contribution is 5.74. The molecule has 0 saturated carbocycles. The van der Waals surface area contributed by atoms with Gasteiger partial charge in [-0.05, 0) is 44.2 Å². The largest absolute Gasteiger partial charge is 0.349 e. The maximum atomic E-state index is 12.1. The molecule has 0 bridgehead atoms. The van der Waals surface area contributed by atoms with E-state index >= 15 is 0 Å². The molecule has 130 valence electrons. The molecular formula is C18H17N7O. The van der Waals surface area contributed by atoms with Crippen LogP contribution in [0, 0.1) is 0 Å². The van der Waals surface area contributed by atoms with Crippen LogP contribution >= 0.6 is 0 Å². The number of nitrogens with zero attached hydrogens (tertiary/aromatic N) is 6. The average Bonchev–Trinajstić information content (AvgIpc) is 3.16. The first-order valence-electron chi connectivity index (χ1n) is 8.23. The van der Waals surface area contributed by atoms with Gasteiger partial charge in [0.1, 0.15) is 0 Å². The summed E-state index contributed by atoms with van der Waals surface area (Å²) >= 11 is 0. The number of hydrogen-bond donors (Lipinski definition) is 1. The summed E-state index contributed by atoms with van der Waals surface area (Å²) in [5.74, 6) is 0.421. The molecule has 0 fully saturated rings. The lowest BCUT2D eigenvalue weighted by atomic mass is 10.3. The lowest BCUT2D eigenvalue weighted by Gasteiger charge is -2.13. The standard InChI is InChI=1S/C18H17N7O/c1-12(2)25-16-13(11-20-18(25)26)10-19-17(23-16)22-14-4-6-15(7-5-14)24-9-3-8-21-24/h3-12H,1-2H3,(H,19,22,23). The number of hydrogen-bond acceptors (Lipinski definition) is 6. The first kappa shape index (κ1) is 15.9. The van der Waals surface area contributed by atoms with Gasteiger partial charge in [-0.1, -0.05) is 0 Å². The van der Waals surface area contributed by atoms with Gasteiger partial charge >= 0.3 is 5.69 Å². The average molecular weight is 347 g/mol. The van der Waals surface area contributed by atoms with Crippen molar-refractivity contribution in [2.24, 2.45) is 0 Å². The van der Waals surface area contributed by atoms with E-state index in [0.717, 1.165) is 16.8 Å². The van der Waals surface area contributed by atoms with Gasteiger partial charge in [-0.15, -0.1) is 0 Å². The lowest BCUT2D eigenvalue weighted by Crippen LogP contribution is -2.25. The quantitative estimate of drug-likeness (QED) is 0.610. The zero-order valence-electron chi connectivity index (χ0n) is 14.4. The summed E-state index contributed by atoms with van der Waals surface area (Å²) in [5.41, 5.74) is 2.04. The fourth-order valence-electron chi connectivity index (χ4n) is 2.72. The molecule has 8 nitrogen and oxygen atoms in total. The van der Waals surface area contributed by atoms with E-state index in [4.69, 9.17) is 0 Å². The van der Waals surface area contributed by atoms with E-state index in [0.29, 0.717) is 11.6 Å². The SMILES string of the molecule is CC(C)n1c(=O)ncc2cnc(Nc3ccc(-n4cccn4)cc3)nc21. The van der Waals surface area contributed by atoms with E-state index in [9.17, 15) is 4.79 Å². The number of rotatable bonds is 4. The number of fused-ring (bicyclic) bond motifs is 1. The van der Waals surface area contributed by atoms with Crippen LogP contribution in [-0.2, 0) is 0 Å². The Bertz CT molecular complexity index is 1100. The van der Waals surface area contributed by atoms with Gasteiger partial charge in [0.25, 0.3) is 0 Å². The predicted octanol–water partition coefficient (Wildman–Crippen LogP) is 2.70. The number of nitrogens with one attached hydrogen (secondary N) is 1. The first-order valence-corrected chi connectivity index (χ1v) is 8.23. The second-order valence-corrected chi connectivity index (χ2v) is 6.10. The molecule has 4 aromatic rings. The minimum atomic E-state index is -0.319. The van der Waals surface area contributed by atoms with Gasteiger partial charge in [-0.3, -0.25) is 4.57 Å². The molecule has 8 heteroatoms. The van der Waals surface area contributed by atoms with E-state index in [1.54, 1.807) is 21.6 Å². The van der Waals surface area contributed by atoms with Gasteiger partial charge in [0.15, 0.2) is 5.65 Å². The van der Waals surface area contributed by atoms with Crippen LogP contribution in [0.4, 0.5) is 11.6 Å². The fourth-order valence-corrected chi connectivity index (χ4v) is 2.72. The molecule has 26 heavy (non-hydrogen) atoms. The van der Waals surface area contributed by atoms with E-state index < -0.39 is 0 Å². The highest BCUT2D eigenvalue weighted by Gasteiger charge is 2.10. The fraction of sp³-hybridized carbons (Fsp3) is 0.167. The van der Waals surface area contributed by atoms with Crippen molar-refractivity contribution in [1.29, 1.82) is 0 Å². The molecule has 1 N–H and O–H groups in total.